The number of benzene rings is 2. The third kappa shape index (κ3) is 3.93. The molecule has 0 saturated carbocycles. The van der Waals surface area contributed by atoms with Gasteiger partial charge < -0.3 is 5.32 Å². The molecule has 0 fully saturated rings. The van der Waals surface area contributed by atoms with Gasteiger partial charge in [-0.1, -0.05) is 41.6 Å². The van der Waals surface area contributed by atoms with E-state index in [2.05, 4.69) is 15.5 Å². The lowest BCUT2D eigenvalue weighted by Gasteiger charge is -2.07. The van der Waals surface area contributed by atoms with Crippen molar-refractivity contribution < 1.29 is 9.18 Å². The van der Waals surface area contributed by atoms with Crippen molar-refractivity contribution in [1.29, 1.82) is 0 Å². The summed E-state index contributed by atoms with van der Waals surface area (Å²) < 4.78 is 14.9. The number of nitrogens with zero attached hydrogens (tertiary/aromatic N) is 3. The first-order valence-corrected chi connectivity index (χ1v) is 8.33. The summed E-state index contributed by atoms with van der Waals surface area (Å²) in [6, 6.07) is 13.6. The minimum atomic E-state index is -0.528. The fourth-order valence-corrected chi connectivity index (χ4v) is 2.90. The average Bonchev–Trinajstić information content (AvgIpc) is 3.06. The third-order valence-electron chi connectivity index (χ3n) is 3.09. The fraction of sp³-hybridized carbons (Fsp3) is 0.0625. The second-order valence-corrected chi connectivity index (χ2v) is 6.13. The van der Waals surface area contributed by atoms with Gasteiger partial charge in [0.15, 0.2) is 5.16 Å². The van der Waals surface area contributed by atoms with Gasteiger partial charge in [0, 0.05) is 11.4 Å². The normalized spacial score (nSPS) is 10.6. The summed E-state index contributed by atoms with van der Waals surface area (Å²) in [4.78, 5) is 12.0. The molecule has 0 aliphatic carbocycles. The van der Waals surface area contributed by atoms with Crippen LogP contribution in [0.3, 0.4) is 0 Å². The molecule has 1 heterocycles. The summed E-state index contributed by atoms with van der Waals surface area (Å²) in [6.45, 7) is 0. The predicted octanol–water partition coefficient (Wildman–Crippen LogP) is 3.79. The van der Waals surface area contributed by atoms with E-state index in [1.807, 2.05) is 30.3 Å². The van der Waals surface area contributed by atoms with Crippen molar-refractivity contribution in [2.75, 3.05) is 11.1 Å². The number of hydrogen-bond acceptors (Lipinski definition) is 4. The van der Waals surface area contributed by atoms with Gasteiger partial charge in [-0.2, -0.15) is 0 Å². The van der Waals surface area contributed by atoms with Gasteiger partial charge in [-0.15, -0.1) is 10.2 Å². The molecule has 122 valence electrons. The van der Waals surface area contributed by atoms with Crippen molar-refractivity contribution in [2.45, 2.75) is 5.16 Å². The van der Waals surface area contributed by atoms with Gasteiger partial charge in [-0.25, -0.2) is 4.39 Å². The zero-order valence-electron chi connectivity index (χ0n) is 12.3. The number of rotatable bonds is 5. The molecule has 3 aromatic rings. The third-order valence-corrected chi connectivity index (χ3v) is 4.32. The van der Waals surface area contributed by atoms with Crippen LogP contribution in [-0.2, 0) is 4.79 Å². The Labute approximate surface area is 146 Å². The van der Waals surface area contributed by atoms with E-state index in [4.69, 9.17) is 11.6 Å². The number of anilines is 1. The minimum Gasteiger partial charge on any atom is -0.325 e. The van der Waals surface area contributed by atoms with Gasteiger partial charge in [0.2, 0.25) is 5.91 Å². The lowest BCUT2D eigenvalue weighted by molar-refractivity contribution is -0.113. The summed E-state index contributed by atoms with van der Waals surface area (Å²) in [6.07, 6.45) is 1.59. The van der Waals surface area contributed by atoms with E-state index >= 15 is 0 Å². The molecule has 0 aliphatic rings. The Morgan fingerprint density at radius 1 is 1.25 bits per heavy atom. The van der Waals surface area contributed by atoms with E-state index in [1.54, 1.807) is 10.9 Å². The smallest absolute Gasteiger partial charge is 0.234 e. The van der Waals surface area contributed by atoms with E-state index < -0.39 is 5.82 Å². The Bertz CT molecular complexity index is 856. The molecule has 0 unspecified atom stereocenters. The van der Waals surface area contributed by atoms with Crippen molar-refractivity contribution in [3.8, 4) is 5.69 Å². The van der Waals surface area contributed by atoms with Crippen LogP contribution in [-0.4, -0.2) is 26.4 Å². The van der Waals surface area contributed by atoms with Crippen LogP contribution in [0.15, 0.2) is 60.0 Å². The molecule has 24 heavy (non-hydrogen) atoms. The molecule has 0 spiro atoms. The molecule has 1 N–H and O–H groups in total. The van der Waals surface area contributed by atoms with Crippen molar-refractivity contribution >= 4 is 35.0 Å². The highest BCUT2D eigenvalue weighted by atomic mass is 35.5. The standard InChI is InChI=1S/C16H12ClFN4OS/c17-13-8-11(6-7-14(13)18)20-15(23)9-24-16-21-19-10-22(16)12-4-2-1-3-5-12/h1-8,10H,9H2,(H,20,23). The Balaban J connectivity index is 1.63. The number of carbonyl (C=O) groups excluding carboxylic acids is 1. The Morgan fingerprint density at radius 2 is 2.04 bits per heavy atom. The molecule has 0 radical (unpaired) electrons. The summed E-state index contributed by atoms with van der Waals surface area (Å²) in [5, 5.41) is 11.1. The zero-order chi connectivity index (χ0) is 16.9. The van der Waals surface area contributed by atoms with Crippen LogP contribution >= 0.6 is 23.4 Å². The predicted molar refractivity (Wildman–Crippen MR) is 92.1 cm³/mol. The summed E-state index contributed by atoms with van der Waals surface area (Å²) in [5.41, 5.74) is 1.35. The Morgan fingerprint density at radius 3 is 2.79 bits per heavy atom. The van der Waals surface area contributed by atoms with E-state index in [1.165, 1.54) is 30.0 Å². The van der Waals surface area contributed by atoms with Crippen molar-refractivity contribution in [3.05, 3.63) is 65.7 Å². The van der Waals surface area contributed by atoms with Crippen LogP contribution in [0.25, 0.3) is 5.69 Å². The second kappa shape index (κ2) is 7.46. The van der Waals surface area contributed by atoms with Gasteiger partial charge >= 0.3 is 0 Å². The summed E-state index contributed by atoms with van der Waals surface area (Å²) in [5.74, 6) is -0.633. The van der Waals surface area contributed by atoms with Crippen molar-refractivity contribution in [1.82, 2.24) is 14.8 Å². The van der Waals surface area contributed by atoms with Crippen LogP contribution in [0.4, 0.5) is 10.1 Å². The molecule has 0 aliphatic heterocycles. The molecule has 2 aromatic carbocycles. The SMILES string of the molecule is O=C(CSc1nncn1-c1ccccc1)Nc1ccc(F)c(Cl)c1. The Kier molecular flexibility index (Phi) is 5.12. The molecule has 8 heteroatoms. The van der Waals surface area contributed by atoms with Gasteiger partial charge in [0.25, 0.3) is 0 Å². The number of hydrogen-bond donors (Lipinski definition) is 1. The van der Waals surface area contributed by atoms with Gasteiger partial charge in [0.05, 0.1) is 10.8 Å². The molecule has 1 amide bonds. The highest BCUT2D eigenvalue weighted by molar-refractivity contribution is 7.99. The van der Waals surface area contributed by atoms with Gasteiger partial charge in [-0.3, -0.25) is 9.36 Å². The maximum atomic E-state index is 13.1. The molecule has 0 saturated heterocycles. The van der Waals surface area contributed by atoms with Crippen molar-refractivity contribution in [2.24, 2.45) is 0 Å². The van der Waals surface area contributed by atoms with E-state index in [0.717, 1.165) is 5.69 Å². The maximum Gasteiger partial charge on any atom is 0.234 e. The molecule has 1 aromatic heterocycles. The number of aromatic nitrogens is 3. The van der Waals surface area contributed by atoms with Gasteiger partial charge in [0.1, 0.15) is 12.1 Å². The first kappa shape index (κ1) is 16.5. The average molecular weight is 363 g/mol. The summed E-state index contributed by atoms with van der Waals surface area (Å²) in [7, 11) is 0. The topological polar surface area (TPSA) is 59.8 Å². The van der Waals surface area contributed by atoms with E-state index in [-0.39, 0.29) is 16.7 Å². The van der Waals surface area contributed by atoms with Crippen LogP contribution in [0.2, 0.25) is 5.02 Å². The highest BCUT2D eigenvalue weighted by Crippen LogP contribution is 2.21. The lowest BCUT2D eigenvalue weighted by Crippen LogP contribution is -2.14. The first-order chi connectivity index (χ1) is 11.6. The quantitative estimate of drug-likeness (QED) is 0.701. The monoisotopic (exact) mass is 362 g/mol. The van der Waals surface area contributed by atoms with Crippen molar-refractivity contribution in [3.63, 3.8) is 0 Å². The van der Waals surface area contributed by atoms with E-state index in [9.17, 15) is 9.18 Å². The minimum absolute atomic E-state index is 0.0377. The molecule has 0 atom stereocenters. The maximum absolute atomic E-state index is 13.1. The number of carbonyl (C=O) groups is 1. The molecule has 5 nitrogen and oxygen atoms in total. The van der Waals surface area contributed by atoms with Crippen LogP contribution in [0.1, 0.15) is 0 Å². The largest absolute Gasteiger partial charge is 0.325 e. The van der Waals surface area contributed by atoms with Gasteiger partial charge in [-0.05, 0) is 30.3 Å². The van der Waals surface area contributed by atoms with Crippen LogP contribution in [0, 0.1) is 5.82 Å². The number of para-hydroxylation sites is 1. The second-order valence-electron chi connectivity index (χ2n) is 4.78. The van der Waals surface area contributed by atoms with E-state index in [0.29, 0.717) is 10.8 Å². The lowest BCUT2D eigenvalue weighted by atomic mass is 10.3. The number of amides is 1. The van der Waals surface area contributed by atoms with Crippen LogP contribution in [0.5, 0.6) is 0 Å². The number of nitrogens with one attached hydrogen (secondary N) is 1. The summed E-state index contributed by atoms with van der Waals surface area (Å²) >= 11 is 6.94. The molecule has 3 rings (SSSR count). The first-order valence-electron chi connectivity index (χ1n) is 6.96. The number of thioether (sulfide) groups is 1. The molecular formula is C16H12ClFN4OS. The number of halogens is 2. The fourth-order valence-electron chi connectivity index (χ4n) is 1.99. The molecule has 0 bridgehead atoms. The zero-order valence-corrected chi connectivity index (χ0v) is 13.9. The molecular weight excluding hydrogens is 351 g/mol. The highest BCUT2D eigenvalue weighted by Gasteiger charge is 2.11. The van der Waals surface area contributed by atoms with Crippen LogP contribution < -0.4 is 5.32 Å². The Hall–Kier alpha value is -2.38.